The number of hydrogen-bond acceptors (Lipinski definition) is 5. The van der Waals surface area contributed by atoms with E-state index in [9.17, 15) is 4.79 Å². The number of likely N-dealkylation sites (tertiary alicyclic amines) is 1. The van der Waals surface area contributed by atoms with Gasteiger partial charge in [0.05, 0.1) is 26.9 Å². The molecule has 1 heterocycles. The predicted octanol–water partition coefficient (Wildman–Crippen LogP) is 4.83. The normalized spacial score (nSPS) is 14.5. The average Bonchev–Trinajstić information content (AvgIpc) is 2.87. The first-order valence-electron chi connectivity index (χ1n) is 11.9. The van der Waals surface area contributed by atoms with Crippen LogP contribution in [0.15, 0.2) is 60.7 Å². The smallest absolute Gasteiger partial charge is 0.251 e. The Morgan fingerprint density at radius 1 is 0.943 bits per heavy atom. The van der Waals surface area contributed by atoms with E-state index in [1.165, 1.54) is 21.9 Å². The molecule has 0 aromatic heterocycles. The highest BCUT2D eigenvalue weighted by Gasteiger charge is 2.21. The van der Waals surface area contributed by atoms with Crippen molar-refractivity contribution < 1.29 is 19.0 Å². The van der Waals surface area contributed by atoms with E-state index in [0.29, 0.717) is 31.1 Å². The highest BCUT2D eigenvalue weighted by Crippen LogP contribution is 2.21. The largest absolute Gasteiger partial charge is 0.497 e. The van der Waals surface area contributed by atoms with Crippen molar-refractivity contribution >= 4 is 29.1 Å². The van der Waals surface area contributed by atoms with Crippen LogP contribution in [0.3, 0.4) is 0 Å². The molecule has 0 spiro atoms. The Morgan fingerprint density at radius 2 is 1.69 bits per heavy atom. The van der Waals surface area contributed by atoms with Gasteiger partial charge in [0, 0.05) is 38.3 Å². The fourth-order valence-electron chi connectivity index (χ4n) is 4.39. The van der Waals surface area contributed by atoms with Crippen molar-refractivity contribution in [2.45, 2.75) is 32.0 Å². The van der Waals surface area contributed by atoms with Gasteiger partial charge in [-0.1, -0.05) is 30.3 Å². The summed E-state index contributed by atoms with van der Waals surface area (Å²) in [6.45, 7) is 4.66. The third kappa shape index (κ3) is 7.67. The molecule has 4 rings (SSSR count). The number of carbonyl (C=O) groups is 1. The van der Waals surface area contributed by atoms with E-state index in [4.69, 9.17) is 14.2 Å². The first kappa shape index (κ1) is 27.0. The van der Waals surface area contributed by atoms with Gasteiger partial charge in [0.15, 0.2) is 0 Å². The van der Waals surface area contributed by atoms with Crippen LogP contribution in [0.4, 0.5) is 0 Å². The quantitative estimate of drug-likeness (QED) is 0.406. The number of rotatable bonds is 10. The van der Waals surface area contributed by atoms with Crippen molar-refractivity contribution in [2.75, 3.05) is 40.5 Å². The van der Waals surface area contributed by atoms with Crippen LogP contribution in [0, 0.1) is 0 Å². The van der Waals surface area contributed by atoms with E-state index in [2.05, 4.69) is 46.6 Å². The minimum atomic E-state index is -0.0334. The molecule has 188 valence electrons. The molecule has 0 atom stereocenters. The third-order valence-corrected chi connectivity index (χ3v) is 6.33. The molecule has 0 radical (unpaired) electrons. The zero-order valence-electron chi connectivity index (χ0n) is 20.5. The summed E-state index contributed by atoms with van der Waals surface area (Å²) in [4.78, 5) is 15.1. The lowest BCUT2D eigenvalue weighted by Gasteiger charge is -2.32. The summed E-state index contributed by atoms with van der Waals surface area (Å²) in [5.41, 5.74) is 3.12. The lowest BCUT2D eigenvalue weighted by Crippen LogP contribution is -2.44. The maximum absolute atomic E-state index is 12.6. The minimum absolute atomic E-state index is 0. The number of nitrogens with one attached hydrogen (secondary N) is 1. The number of ether oxygens (including phenoxy) is 3. The van der Waals surface area contributed by atoms with Gasteiger partial charge in [0.2, 0.25) is 0 Å². The number of nitrogens with zero attached hydrogens (tertiary/aromatic N) is 1. The van der Waals surface area contributed by atoms with E-state index >= 15 is 0 Å². The number of piperidine rings is 1. The number of methoxy groups -OCH3 is 2. The molecule has 1 N–H and O–H groups in total. The molecule has 0 saturated carbocycles. The summed E-state index contributed by atoms with van der Waals surface area (Å²) in [5, 5.41) is 5.67. The van der Waals surface area contributed by atoms with E-state index in [1.54, 1.807) is 20.3 Å². The summed E-state index contributed by atoms with van der Waals surface area (Å²) >= 11 is 0. The second-order valence-electron chi connectivity index (χ2n) is 8.82. The van der Waals surface area contributed by atoms with E-state index in [-0.39, 0.29) is 24.4 Å². The zero-order chi connectivity index (χ0) is 23.8. The van der Waals surface area contributed by atoms with Crippen LogP contribution in [0.25, 0.3) is 10.8 Å². The van der Waals surface area contributed by atoms with Gasteiger partial charge in [-0.2, -0.15) is 0 Å². The Hall–Kier alpha value is -2.64. The van der Waals surface area contributed by atoms with E-state index in [0.717, 1.165) is 32.5 Å². The second-order valence-corrected chi connectivity index (χ2v) is 8.82. The fraction of sp³-hybridized carbons (Fsp3) is 0.393. The topological polar surface area (TPSA) is 60.0 Å². The maximum atomic E-state index is 12.6. The zero-order valence-corrected chi connectivity index (χ0v) is 21.3. The van der Waals surface area contributed by atoms with Crippen LogP contribution in [0.5, 0.6) is 5.75 Å². The molecular weight excluding hydrogens is 464 g/mol. The van der Waals surface area contributed by atoms with Crippen molar-refractivity contribution in [2.24, 2.45) is 0 Å². The monoisotopic (exact) mass is 498 g/mol. The molecule has 0 unspecified atom stereocenters. The van der Waals surface area contributed by atoms with Crippen LogP contribution in [0.2, 0.25) is 0 Å². The van der Waals surface area contributed by atoms with Crippen molar-refractivity contribution in [3.63, 3.8) is 0 Å². The summed E-state index contributed by atoms with van der Waals surface area (Å²) < 4.78 is 15.9. The molecule has 1 saturated heterocycles. The number of carbonyl (C=O) groups excluding carboxylic acids is 1. The fourth-order valence-corrected chi connectivity index (χ4v) is 4.39. The predicted molar refractivity (Wildman–Crippen MR) is 141 cm³/mol. The number of hydrogen-bond donors (Lipinski definition) is 1. The van der Waals surface area contributed by atoms with Gasteiger partial charge in [0.25, 0.3) is 5.91 Å². The molecule has 1 fully saturated rings. The molecular formula is C28H35ClN2O4. The summed E-state index contributed by atoms with van der Waals surface area (Å²) in [5.74, 6) is 0.664. The average molecular weight is 499 g/mol. The van der Waals surface area contributed by atoms with Gasteiger partial charge in [-0.15, -0.1) is 12.4 Å². The second kappa shape index (κ2) is 13.4. The standard InChI is InChI=1S/C28H34N2O4.ClH/c1-32-14-15-34-20-22-7-9-23-8-6-21(16-25(23)17-22)19-30-12-10-26(11-13-30)29-28(31)24-4-3-5-27(18-24)33-2;/h3-9,16-18,26H,10-15,19-20H2,1-2H3,(H,29,31);1H. The van der Waals surface area contributed by atoms with Gasteiger partial charge in [-0.3, -0.25) is 9.69 Å². The molecule has 1 aliphatic rings. The number of fused-ring (bicyclic) bond motifs is 1. The number of benzene rings is 3. The molecule has 0 aliphatic carbocycles. The highest BCUT2D eigenvalue weighted by atomic mass is 35.5. The molecule has 35 heavy (non-hydrogen) atoms. The van der Waals surface area contributed by atoms with Gasteiger partial charge >= 0.3 is 0 Å². The number of halogens is 1. The molecule has 0 bridgehead atoms. The molecule has 7 heteroatoms. The SMILES string of the molecule is COCCOCc1ccc2ccc(CN3CCC(NC(=O)c4cccc(OC)c4)CC3)cc2c1.Cl. The third-order valence-electron chi connectivity index (χ3n) is 6.33. The Morgan fingerprint density at radius 3 is 2.43 bits per heavy atom. The van der Waals surface area contributed by atoms with Gasteiger partial charge in [-0.25, -0.2) is 0 Å². The lowest BCUT2D eigenvalue weighted by molar-refractivity contribution is 0.0617. The summed E-state index contributed by atoms with van der Waals surface area (Å²) in [6, 6.07) is 20.7. The van der Waals surface area contributed by atoms with Crippen molar-refractivity contribution in [3.8, 4) is 5.75 Å². The van der Waals surface area contributed by atoms with Gasteiger partial charge in [0.1, 0.15) is 5.75 Å². The Bertz CT molecular complexity index is 1100. The summed E-state index contributed by atoms with van der Waals surface area (Å²) in [7, 11) is 3.29. The molecule has 3 aromatic rings. The van der Waals surface area contributed by atoms with Crippen LogP contribution in [0.1, 0.15) is 34.3 Å². The van der Waals surface area contributed by atoms with Crippen molar-refractivity contribution in [3.05, 3.63) is 77.4 Å². The van der Waals surface area contributed by atoms with Gasteiger partial charge in [-0.05, 0) is 65.1 Å². The summed E-state index contributed by atoms with van der Waals surface area (Å²) in [6.07, 6.45) is 1.90. The first-order chi connectivity index (χ1) is 16.6. The molecule has 6 nitrogen and oxygen atoms in total. The van der Waals surface area contributed by atoms with Crippen LogP contribution in [-0.4, -0.2) is 57.4 Å². The Kier molecular flexibility index (Phi) is 10.4. The Labute approximate surface area is 214 Å². The Balaban J connectivity index is 0.00000342. The van der Waals surface area contributed by atoms with E-state index < -0.39 is 0 Å². The maximum Gasteiger partial charge on any atom is 0.251 e. The van der Waals surface area contributed by atoms with Crippen LogP contribution >= 0.6 is 12.4 Å². The highest BCUT2D eigenvalue weighted by molar-refractivity contribution is 5.94. The van der Waals surface area contributed by atoms with Crippen LogP contribution < -0.4 is 10.1 Å². The first-order valence-corrected chi connectivity index (χ1v) is 11.9. The van der Waals surface area contributed by atoms with E-state index in [1.807, 2.05) is 18.2 Å². The molecule has 3 aromatic carbocycles. The van der Waals surface area contributed by atoms with Crippen molar-refractivity contribution in [1.82, 2.24) is 10.2 Å². The molecule has 1 amide bonds. The van der Waals surface area contributed by atoms with Crippen molar-refractivity contribution in [1.29, 1.82) is 0 Å². The minimum Gasteiger partial charge on any atom is -0.497 e. The lowest BCUT2D eigenvalue weighted by atomic mass is 10.0. The van der Waals surface area contributed by atoms with Crippen LogP contribution in [-0.2, 0) is 22.6 Å². The molecule has 1 aliphatic heterocycles. The van der Waals surface area contributed by atoms with Gasteiger partial charge < -0.3 is 19.5 Å². The number of amides is 1.